The third-order valence-corrected chi connectivity index (χ3v) is 2.45. The van der Waals surface area contributed by atoms with Gasteiger partial charge < -0.3 is 0 Å². The minimum Gasteiger partial charge on any atom is -0.221 e. The largest absolute Gasteiger partial charge is 0.237 e. The first-order valence-corrected chi connectivity index (χ1v) is 4.54. The smallest absolute Gasteiger partial charge is 0.221 e. The lowest BCUT2D eigenvalue weighted by molar-refractivity contribution is 0.237. The average molecular weight is 171 g/mol. The lowest BCUT2D eigenvalue weighted by Gasteiger charge is -2.21. The number of hydrogen-bond donors (Lipinski definition) is 0. The Balaban J connectivity index is 2.24. The van der Waals surface area contributed by atoms with E-state index < -0.39 is 6.30 Å². The second-order valence-electron chi connectivity index (χ2n) is 3.39. The molecule has 1 rings (SSSR count). The molecular weight excluding hydrogens is 157 g/mol. The van der Waals surface area contributed by atoms with E-state index in [-0.39, 0.29) is 0 Å². The highest BCUT2D eigenvalue weighted by atomic mass is 19.1. The molecular formula is C9H14FNO. The Hall–Kier alpha value is -0.690. The number of alkyl halides is 1. The molecule has 0 heterocycles. The fourth-order valence-corrected chi connectivity index (χ4v) is 1.81. The van der Waals surface area contributed by atoms with Crippen molar-refractivity contribution in [1.82, 2.24) is 0 Å². The van der Waals surface area contributed by atoms with E-state index >= 15 is 0 Å². The van der Waals surface area contributed by atoms with E-state index in [1.165, 1.54) is 25.3 Å². The molecule has 1 saturated carbocycles. The van der Waals surface area contributed by atoms with E-state index in [4.69, 9.17) is 0 Å². The second kappa shape index (κ2) is 5.04. The van der Waals surface area contributed by atoms with Gasteiger partial charge in [-0.2, -0.15) is 4.99 Å². The topological polar surface area (TPSA) is 29.4 Å². The first kappa shape index (κ1) is 9.40. The van der Waals surface area contributed by atoms with E-state index in [2.05, 4.69) is 4.99 Å². The van der Waals surface area contributed by atoms with Crippen LogP contribution in [0.5, 0.6) is 0 Å². The number of carbonyl (C=O) groups excluding carboxylic acids is 1. The maximum absolute atomic E-state index is 12.8. The molecule has 1 aliphatic carbocycles. The number of nitrogens with zero attached hydrogens (tertiary/aromatic N) is 1. The van der Waals surface area contributed by atoms with Gasteiger partial charge in [-0.1, -0.05) is 32.1 Å². The van der Waals surface area contributed by atoms with Gasteiger partial charge in [0, 0.05) is 6.42 Å². The number of hydrogen-bond acceptors (Lipinski definition) is 2. The Morgan fingerprint density at radius 2 is 2.08 bits per heavy atom. The second-order valence-corrected chi connectivity index (χ2v) is 3.39. The van der Waals surface area contributed by atoms with Crippen molar-refractivity contribution < 1.29 is 9.18 Å². The summed E-state index contributed by atoms with van der Waals surface area (Å²) in [5, 5.41) is 0. The summed E-state index contributed by atoms with van der Waals surface area (Å²) in [5.41, 5.74) is 0. The van der Waals surface area contributed by atoms with E-state index in [9.17, 15) is 9.18 Å². The van der Waals surface area contributed by atoms with Gasteiger partial charge >= 0.3 is 0 Å². The molecule has 68 valence electrons. The van der Waals surface area contributed by atoms with Crippen molar-refractivity contribution in [3.63, 3.8) is 0 Å². The van der Waals surface area contributed by atoms with E-state index in [1.807, 2.05) is 0 Å². The predicted molar refractivity (Wildman–Crippen MR) is 44.2 cm³/mol. The molecule has 0 saturated heterocycles. The molecule has 1 aliphatic rings. The van der Waals surface area contributed by atoms with Crippen LogP contribution in [-0.4, -0.2) is 12.4 Å². The molecule has 1 fully saturated rings. The van der Waals surface area contributed by atoms with Gasteiger partial charge in [-0.3, -0.25) is 0 Å². The molecule has 0 aromatic rings. The highest BCUT2D eigenvalue weighted by Gasteiger charge is 2.17. The Morgan fingerprint density at radius 1 is 1.42 bits per heavy atom. The van der Waals surface area contributed by atoms with Crippen LogP contribution in [0.25, 0.3) is 0 Å². The Morgan fingerprint density at radius 3 is 2.67 bits per heavy atom. The third-order valence-electron chi connectivity index (χ3n) is 2.45. The van der Waals surface area contributed by atoms with Gasteiger partial charge in [-0.15, -0.1) is 0 Å². The van der Waals surface area contributed by atoms with Crippen LogP contribution in [0.15, 0.2) is 4.99 Å². The van der Waals surface area contributed by atoms with Crippen LogP contribution in [0.2, 0.25) is 0 Å². The highest BCUT2D eigenvalue weighted by molar-refractivity contribution is 5.33. The summed E-state index contributed by atoms with van der Waals surface area (Å²) in [6.45, 7) is 0. The van der Waals surface area contributed by atoms with E-state index in [1.54, 1.807) is 0 Å². The monoisotopic (exact) mass is 171 g/mol. The highest BCUT2D eigenvalue weighted by Crippen LogP contribution is 2.28. The molecule has 12 heavy (non-hydrogen) atoms. The zero-order chi connectivity index (χ0) is 8.81. The number of aliphatic imine (C=N–C) groups is 1. The van der Waals surface area contributed by atoms with Gasteiger partial charge in [-0.25, -0.2) is 9.18 Å². The molecule has 2 nitrogen and oxygen atoms in total. The Labute approximate surface area is 71.9 Å². The van der Waals surface area contributed by atoms with E-state index in [0.717, 1.165) is 12.8 Å². The van der Waals surface area contributed by atoms with Crippen molar-refractivity contribution in [1.29, 1.82) is 0 Å². The molecule has 1 atom stereocenters. The summed E-state index contributed by atoms with van der Waals surface area (Å²) >= 11 is 0. The van der Waals surface area contributed by atoms with Gasteiger partial charge in [0.25, 0.3) is 0 Å². The first-order valence-electron chi connectivity index (χ1n) is 4.54. The molecule has 0 radical (unpaired) electrons. The minimum absolute atomic E-state index is 0.412. The zero-order valence-electron chi connectivity index (χ0n) is 7.13. The SMILES string of the molecule is O=C=NC(F)CC1CCCCC1. The quantitative estimate of drug-likeness (QED) is 0.364. The molecule has 0 N–H and O–H groups in total. The van der Waals surface area contributed by atoms with E-state index in [0.29, 0.717) is 12.3 Å². The molecule has 0 aromatic carbocycles. The van der Waals surface area contributed by atoms with Gasteiger partial charge in [0.1, 0.15) is 0 Å². The summed E-state index contributed by atoms with van der Waals surface area (Å²) < 4.78 is 12.8. The van der Waals surface area contributed by atoms with Crippen molar-refractivity contribution >= 4 is 6.08 Å². The number of isocyanates is 1. The summed E-state index contributed by atoms with van der Waals surface area (Å²) in [4.78, 5) is 12.8. The molecule has 0 bridgehead atoms. The van der Waals surface area contributed by atoms with Gasteiger partial charge in [0.05, 0.1) is 0 Å². The Kier molecular flexibility index (Phi) is 3.95. The first-order chi connectivity index (χ1) is 5.83. The molecule has 0 aromatic heterocycles. The summed E-state index contributed by atoms with van der Waals surface area (Å²) in [7, 11) is 0. The fourth-order valence-electron chi connectivity index (χ4n) is 1.81. The van der Waals surface area contributed by atoms with Gasteiger partial charge in [0.15, 0.2) is 0 Å². The van der Waals surface area contributed by atoms with Crippen LogP contribution in [0, 0.1) is 5.92 Å². The molecule has 1 unspecified atom stereocenters. The van der Waals surface area contributed by atoms with Gasteiger partial charge in [0.2, 0.25) is 12.4 Å². The number of rotatable bonds is 3. The van der Waals surface area contributed by atoms with Crippen LogP contribution in [-0.2, 0) is 4.79 Å². The van der Waals surface area contributed by atoms with Crippen molar-refractivity contribution in [2.45, 2.75) is 44.8 Å². The molecule has 0 amide bonds. The minimum atomic E-state index is -1.31. The van der Waals surface area contributed by atoms with Crippen LogP contribution in [0.3, 0.4) is 0 Å². The maximum atomic E-state index is 12.8. The standard InChI is InChI=1S/C9H14FNO/c10-9(11-7-12)6-8-4-2-1-3-5-8/h8-9H,1-6H2. The van der Waals surface area contributed by atoms with Crippen molar-refractivity contribution in [2.75, 3.05) is 0 Å². The molecule has 3 heteroatoms. The van der Waals surface area contributed by atoms with Crippen LogP contribution in [0.4, 0.5) is 4.39 Å². The van der Waals surface area contributed by atoms with Crippen LogP contribution < -0.4 is 0 Å². The zero-order valence-corrected chi connectivity index (χ0v) is 7.13. The normalized spacial score (nSPS) is 21.4. The Bertz CT molecular complexity index is 171. The average Bonchev–Trinajstić information content (AvgIpc) is 2.06. The lowest BCUT2D eigenvalue weighted by atomic mass is 9.87. The predicted octanol–water partition coefficient (Wildman–Crippen LogP) is 2.59. The number of halogens is 1. The molecule has 0 spiro atoms. The van der Waals surface area contributed by atoms with Crippen molar-refractivity contribution in [2.24, 2.45) is 10.9 Å². The van der Waals surface area contributed by atoms with Gasteiger partial charge in [-0.05, 0) is 5.92 Å². The van der Waals surface area contributed by atoms with Crippen LogP contribution in [0.1, 0.15) is 38.5 Å². The summed E-state index contributed by atoms with van der Waals surface area (Å²) in [6, 6.07) is 0. The lowest BCUT2D eigenvalue weighted by Crippen LogP contribution is -2.11. The summed E-state index contributed by atoms with van der Waals surface area (Å²) in [5.74, 6) is 0.436. The third kappa shape index (κ3) is 3.14. The van der Waals surface area contributed by atoms with Crippen LogP contribution >= 0.6 is 0 Å². The van der Waals surface area contributed by atoms with Crippen molar-refractivity contribution in [3.8, 4) is 0 Å². The molecule has 0 aliphatic heterocycles. The maximum Gasteiger partial charge on any atom is 0.237 e. The summed E-state index contributed by atoms with van der Waals surface area (Å²) in [6.07, 6.45) is 6.20. The fraction of sp³-hybridized carbons (Fsp3) is 0.889. The van der Waals surface area contributed by atoms with Crippen molar-refractivity contribution in [3.05, 3.63) is 0 Å².